The minimum absolute atomic E-state index is 0.00187. The van der Waals surface area contributed by atoms with E-state index in [0.29, 0.717) is 0 Å². The van der Waals surface area contributed by atoms with Crippen LogP contribution in [0.4, 0.5) is 4.39 Å². The number of phenols is 1. The summed E-state index contributed by atoms with van der Waals surface area (Å²) in [5.41, 5.74) is 0.725. The highest BCUT2D eigenvalue weighted by Gasteiger charge is 2.18. The van der Waals surface area contributed by atoms with E-state index in [1.54, 1.807) is 17.8 Å². The van der Waals surface area contributed by atoms with E-state index in [0.717, 1.165) is 18.2 Å². The van der Waals surface area contributed by atoms with Crippen LogP contribution in [0, 0.1) is 5.82 Å². The third kappa shape index (κ3) is 4.21. The van der Waals surface area contributed by atoms with Gasteiger partial charge in [-0.15, -0.1) is 0 Å². The Bertz CT molecular complexity index is 382. The molecule has 0 saturated heterocycles. The second-order valence-corrected chi connectivity index (χ2v) is 6.28. The summed E-state index contributed by atoms with van der Waals surface area (Å²) in [6.45, 7) is 7.10. The van der Waals surface area contributed by atoms with Crippen LogP contribution in [0.1, 0.15) is 32.4 Å². The molecule has 0 aromatic heterocycles. The van der Waals surface area contributed by atoms with E-state index in [2.05, 4.69) is 25.4 Å². The molecule has 1 unspecified atom stereocenters. The summed E-state index contributed by atoms with van der Waals surface area (Å²) in [5.74, 6) is -0.408. The van der Waals surface area contributed by atoms with Gasteiger partial charge >= 0.3 is 0 Å². The fraction of sp³-hybridized carbons (Fsp3) is 0.538. The fourth-order valence-electron chi connectivity index (χ4n) is 1.46. The molecule has 0 fully saturated rings. The fourth-order valence-corrected chi connectivity index (χ4v) is 1.69. The summed E-state index contributed by atoms with van der Waals surface area (Å²) < 4.78 is 13.0. The lowest BCUT2D eigenvalue weighted by molar-refractivity contribution is 0.442. The molecule has 0 aliphatic heterocycles. The Morgan fingerprint density at radius 2 is 2.12 bits per heavy atom. The van der Waals surface area contributed by atoms with Crippen molar-refractivity contribution in [2.24, 2.45) is 0 Å². The monoisotopic (exact) mass is 257 g/mol. The lowest BCUT2D eigenvalue weighted by Crippen LogP contribution is -2.33. The molecule has 2 N–H and O–H groups in total. The number of halogens is 1. The van der Waals surface area contributed by atoms with Crippen LogP contribution in [0.25, 0.3) is 0 Å². The van der Waals surface area contributed by atoms with Gasteiger partial charge in [-0.25, -0.2) is 4.39 Å². The Labute approximate surface area is 107 Å². The normalized spacial score (nSPS) is 13.7. The molecule has 1 aromatic rings. The zero-order valence-corrected chi connectivity index (χ0v) is 11.6. The number of nitrogens with one attached hydrogen (secondary N) is 1. The maximum Gasteiger partial charge on any atom is 0.126 e. The third-order valence-corrected chi connectivity index (χ3v) is 4.10. The van der Waals surface area contributed by atoms with Gasteiger partial charge in [0.1, 0.15) is 11.6 Å². The molecule has 17 heavy (non-hydrogen) atoms. The molecule has 96 valence electrons. The Balaban J connectivity index is 2.67. The predicted molar refractivity (Wildman–Crippen MR) is 72.1 cm³/mol. The van der Waals surface area contributed by atoms with E-state index in [4.69, 9.17) is 0 Å². The summed E-state index contributed by atoms with van der Waals surface area (Å²) in [5, 5.41) is 13.0. The van der Waals surface area contributed by atoms with Crippen molar-refractivity contribution in [3.63, 3.8) is 0 Å². The maximum absolute atomic E-state index is 12.9. The van der Waals surface area contributed by atoms with E-state index in [-0.39, 0.29) is 16.5 Å². The average Bonchev–Trinajstić information content (AvgIpc) is 2.26. The van der Waals surface area contributed by atoms with Crippen molar-refractivity contribution in [2.45, 2.75) is 31.6 Å². The van der Waals surface area contributed by atoms with Crippen LogP contribution in [-0.2, 0) is 0 Å². The molecule has 0 amide bonds. The van der Waals surface area contributed by atoms with E-state index < -0.39 is 5.82 Å². The van der Waals surface area contributed by atoms with Gasteiger partial charge in [0.15, 0.2) is 0 Å². The maximum atomic E-state index is 12.9. The van der Waals surface area contributed by atoms with Crippen LogP contribution in [0.5, 0.6) is 5.75 Å². The predicted octanol–water partition coefficient (Wildman–Crippen LogP) is 3.32. The molecule has 0 radical (unpaired) electrons. The van der Waals surface area contributed by atoms with Gasteiger partial charge in [-0.1, -0.05) is 6.07 Å². The van der Waals surface area contributed by atoms with Crippen LogP contribution >= 0.6 is 11.8 Å². The Kier molecular flexibility index (Phi) is 4.83. The summed E-state index contributed by atoms with van der Waals surface area (Å²) >= 11 is 1.79. The average molecular weight is 257 g/mol. The van der Waals surface area contributed by atoms with Crippen molar-refractivity contribution in [2.75, 3.05) is 12.8 Å². The van der Waals surface area contributed by atoms with Crippen molar-refractivity contribution in [3.8, 4) is 5.75 Å². The van der Waals surface area contributed by atoms with Gasteiger partial charge in [0.05, 0.1) is 0 Å². The largest absolute Gasteiger partial charge is 0.508 e. The summed E-state index contributed by atoms with van der Waals surface area (Å²) in [6.07, 6.45) is 2.07. The molecule has 4 heteroatoms. The SMILES string of the molecule is CSC(C)(C)CNC(C)c1ccc(F)cc1O. The number of phenolic OH excluding ortho intramolecular Hbond substituents is 1. The highest BCUT2D eigenvalue weighted by molar-refractivity contribution is 7.99. The number of thioether (sulfide) groups is 1. The Hall–Kier alpha value is -0.740. The van der Waals surface area contributed by atoms with Gasteiger partial charge in [-0.2, -0.15) is 11.8 Å². The van der Waals surface area contributed by atoms with Crippen molar-refractivity contribution in [3.05, 3.63) is 29.6 Å². The molecular formula is C13H20FNOS. The van der Waals surface area contributed by atoms with Gasteiger partial charge in [0, 0.05) is 29.0 Å². The Morgan fingerprint density at radius 1 is 1.47 bits per heavy atom. The molecule has 2 nitrogen and oxygen atoms in total. The molecule has 0 saturated carbocycles. The highest BCUT2D eigenvalue weighted by Crippen LogP contribution is 2.26. The third-order valence-electron chi connectivity index (χ3n) is 2.85. The van der Waals surface area contributed by atoms with Crippen molar-refractivity contribution in [1.82, 2.24) is 5.32 Å². The van der Waals surface area contributed by atoms with Crippen LogP contribution in [-0.4, -0.2) is 22.7 Å². The summed E-state index contributed by atoms with van der Waals surface area (Å²) in [7, 11) is 0. The van der Waals surface area contributed by atoms with E-state index in [1.165, 1.54) is 6.07 Å². The van der Waals surface area contributed by atoms with Crippen LogP contribution in [0.3, 0.4) is 0 Å². The smallest absolute Gasteiger partial charge is 0.126 e. The summed E-state index contributed by atoms with van der Waals surface area (Å²) in [4.78, 5) is 0. The zero-order chi connectivity index (χ0) is 13.1. The minimum Gasteiger partial charge on any atom is -0.508 e. The summed E-state index contributed by atoms with van der Waals surface area (Å²) in [6, 6.07) is 4.14. The topological polar surface area (TPSA) is 32.3 Å². The number of rotatable bonds is 5. The molecule has 0 heterocycles. The highest BCUT2D eigenvalue weighted by atomic mass is 32.2. The lowest BCUT2D eigenvalue weighted by atomic mass is 10.1. The first kappa shape index (κ1) is 14.3. The second-order valence-electron chi connectivity index (χ2n) is 4.77. The zero-order valence-electron chi connectivity index (χ0n) is 10.7. The lowest BCUT2D eigenvalue weighted by Gasteiger charge is -2.25. The minimum atomic E-state index is -0.414. The molecule has 1 atom stereocenters. The van der Waals surface area contributed by atoms with E-state index >= 15 is 0 Å². The van der Waals surface area contributed by atoms with Gasteiger partial charge in [0.2, 0.25) is 0 Å². The van der Waals surface area contributed by atoms with Gasteiger partial charge in [0.25, 0.3) is 0 Å². The molecule has 1 aromatic carbocycles. The number of hydrogen-bond donors (Lipinski definition) is 2. The first-order valence-electron chi connectivity index (χ1n) is 5.62. The van der Waals surface area contributed by atoms with Crippen molar-refractivity contribution < 1.29 is 9.50 Å². The van der Waals surface area contributed by atoms with E-state index in [1.807, 2.05) is 6.92 Å². The van der Waals surface area contributed by atoms with Crippen molar-refractivity contribution in [1.29, 1.82) is 0 Å². The molecule has 0 bridgehead atoms. The van der Waals surface area contributed by atoms with E-state index in [9.17, 15) is 9.50 Å². The molecule has 0 aliphatic rings. The van der Waals surface area contributed by atoms with Crippen LogP contribution in [0.15, 0.2) is 18.2 Å². The van der Waals surface area contributed by atoms with Crippen LogP contribution in [0.2, 0.25) is 0 Å². The first-order valence-corrected chi connectivity index (χ1v) is 6.85. The van der Waals surface area contributed by atoms with Gasteiger partial charge in [-0.05, 0) is 33.1 Å². The second kappa shape index (κ2) is 5.74. The Morgan fingerprint density at radius 3 is 2.65 bits per heavy atom. The quantitative estimate of drug-likeness (QED) is 0.848. The van der Waals surface area contributed by atoms with Crippen molar-refractivity contribution >= 4 is 11.8 Å². The first-order chi connectivity index (χ1) is 7.85. The molecule has 0 spiro atoms. The number of hydrogen-bond acceptors (Lipinski definition) is 3. The van der Waals surface area contributed by atoms with Crippen LogP contribution < -0.4 is 5.32 Å². The molecule has 1 rings (SSSR count). The standard InChI is InChI=1S/C13H20FNOS/c1-9(15-8-13(2,3)17-4)11-6-5-10(14)7-12(11)16/h5-7,9,15-16H,8H2,1-4H3. The van der Waals surface area contributed by atoms with Gasteiger partial charge in [-0.3, -0.25) is 0 Å². The number of benzene rings is 1. The molecular weight excluding hydrogens is 237 g/mol. The van der Waals surface area contributed by atoms with Gasteiger partial charge < -0.3 is 10.4 Å². The number of aromatic hydroxyl groups is 1. The molecule has 0 aliphatic carbocycles.